The Morgan fingerprint density at radius 1 is 0.328 bits per heavy atom. The van der Waals surface area contributed by atoms with Gasteiger partial charge in [-0.2, -0.15) is 0 Å². The summed E-state index contributed by atoms with van der Waals surface area (Å²) in [5.74, 6) is -0.927. The molecule has 0 aliphatic heterocycles. The first-order valence-corrected chi connectivity index (χ1v) is 26.6. The third-order valence-corrected chi connectivity index (χ3v) is 11.1. The molecule has 0 spiro atoms. The molecule has 64 heavy (non-hydrogen) atoms. The molecule has 366 valence electrons. The van der Waals surface area contributed by atoms with Gasteiger partial charge in [-0.3, -0.25) is 14.4 Å². The van der Waals surface area contributed by atoms with Crippen molar-refractivity contribution in [2.45, 2.75) is 252 Å². The van der Waals surface area contributed by atoms with Crippen LogP contribution in [0.5, 0.6) is 0 Å². The average Bonchev–Trinajstić information content (AvgIpc) is 3.29. The second-order valence-corrected chi connectivity index (χ2v) is 17.4. The van der Waals surface area contributed by atoms with Crippen molar-refractivity contribution in [1.29, 1.82) is 0 Å². The van der Waals surface area contributed by atoms with Crippen LogP contribution in [0.1, 0.15) is 245 Å². The summed E-state index contributed by atoms with van der Waals surface area (Å²) in [6.07, 6.45) is 67.1. The van der Waals surface area contributed by atoms with Gasteiger partial charge in [-0.25, -0.2) is 0 Å². The molecule has 0 saturated carbocycles. The van der Waals surface area contributed by atoms with Gasteiger partial charge in [0, 0.05) is 19.3 Å². The summed E-state index contributed by atoms with van der Waals surface area (Å²) < 4.78 is 16.8. The molecule has 1 atom stereocenters. The Bertz CT molecular complexity index is 1250. The Hall–Kier alpha value is -3.41. The van der Waals surface area contributed by atoms with Crippen LogP contribution in [0, 0.1) is 0 Å². The van der Waals surface area contributed by atoms with Crippen molar-refractivity contribution in [1.82, 2.24) is 0 Å². The van der Waals surface area contributed by atoms with E-state index in [9.17, 15) is 14.4 Å². The minimum atomic E-state index is -0.793. The highest BCUT2D eigenvalue weighted by molar-refractivity contribution is 5.71. The van der Waals surface area contributed by atoms with Crippen LogP contribution in [0.3, 0.4) is 0 Å². The van der Waals surface area contributed by atoms with E-state index in [1.54, 1.807) is 0 Å². The van der Waals surface area contributed by atoms with Gasteiger partial charge in [0.25, 0.3) is 0 Å². The zero-order valence-corrected chi connectivity index (χ0v) is 41.8. The molecule has 0 aliphatic carbocycles. The van der Waals surface area contributed by atoms with Crippen molar-refractivity contribution in [3.05, 3.63) is 85.1 Å². The van der Waals surface area contributed by atoms with Gasteiger partial charge in [0.15, 0.2) is 6.10 Å². The molecule has 0 amide bonds. The van der Waals surface area contributed by atoms with E-state index in [1.807, 2.05) is 0 Å². The largest absolute Gasteiger partial charge is 0.462 e. The molecule has 6 nitrogen and oxygen atoms in total. The summed E-state index contributed by atoms with van der Waals surface area (Å²) in [4.78, 5) is 38.0. The number of ether oxygens (including phenoxy) is 3. The maximum atomic E-state index is 12.8. The molecule has 6 heteroatoms. The minimum Gasteiger partial charge on any atom is -0.462 e. The third kappa shape index (κ3) is 49.6. The van der Waals surface area contributed by atoms with Gasteiger partial charge >= 0.3 is 17.9 Å². The summed E-state index contributed by atoms with van der Waals surface area (Å²) in [5, 5.41) is 0. The molecule has 0 radical (unpaired) electrons. The predicted octanol–water partition coefficient (Wildman–Crippen LogP) is 17.6. The Balaban J connectivity index is 4.37. The van der Waals surface area contributed by atoms with E-state index in [0.717, 1.165) is 116 Å². The molecule has 0 fully saturated rings. The number of hydrogen-bond donors (Lipinski definition) is 0. The van der Waals surface area contributed by atoms with E-state index < -0.39 is 6.10 Å². The zero-order chi connectivity index (χ0) is 46.5. The van der Waals surface area contributed by atoms with Crippen molar-refractivity contribution in [3.8, 4) is 0 Å². The number of hydrogen-bond acceptors (Lipinski definition) is 6. The summed E-state index contributed by atoms with van der Waals surface area (Å²) in [7, 11) is 0. The zero-order valence-electron chi connectivity index (χ0n) is 41.8. The number of carbonyl (C=O) groups excluding carboxylic acids is 3. The molecule has 0 aromatic rings. The van der Waals surface area contributed by atoms with Crippen molar-refractivity contribution in [3.63, 3.8) is 0 Å². The highest BCUT2D eigenvalue weighted by Crippen LogP contribution is 2.15. The summed E-state index contributed by atoms with van der Waals surface area (Å²) in [5.41, 5.74) is 0. The average molecular weight is 891 g/mol. The van der Waals surface area contributed by atoms with Crippen molar-refractivity contribution in [2.75, 3.05) is 13.2 Å². The standard InChI is InChI=1S/C58H98O6/c1-4-7-10-13-16-19-22-25-26-27-28-29-30-31-32-34-36-39-42-45-48-51-57(60)63-54-55(53-62-56(59)50-47-44-41-38-35-24-21-18-15-12-9-6-3)64-58(61)52-49-46-43-40-37-33-23-20-17-14-11-8-5-2/h7-8,10-11,16-17,19-20,25-26,28-29,33,37,55H,4-6,9,12-15,18,21-24,27,30-32,34-36,38-54H2,1-3H3/b10-7-,11-8-,19-16-,20-17-,26-25-,29-28-,37-33-. The van der Waals surface area contributed by atoms with Crippen LogP contribution in [0.4, 0.5) is 0 Å². The molecule has 0 bridgehead atoms. The molecular formula is C58H98O6. The van der Waals surface area contributed by atoms with Crippen LogP contribution in [-0.4, -0.2) is 37.2 Å². The van der Waals surface area contributed by atoms with Crippen molar-refractivity contribution in [2.24, 2.45) is 0 Å². The smallest absolute Gasteiger partial charge is 0.306 e. The van der Waals surface area contributed by atoms with Crippen molar-refractivity contribution >= 4 is 17.9 Å². The van der Waals surface area contributed by atoms with E-state index in [-0.39, 0.29) is 31.1 Å². The molecule has 0 aromatic carbocycles. The van der Waals surface area contributed by atoms with Gasteiger partial charge in [0.05, 0.1) is 0 Å². The lowest BCUT2D eigenvalue weighted by atomic mass is 10.0. The van der Waals surface area contributed by atoms with E-state index in [2.05, 4.69) is 106 Å². The number of esters is 3. The monoisotopic (exact) mass is 891 g/mol. The van der Waals surface area contributed by atoms with Crippen LogP contribution >= 0.6 is 0 Å². The molecule has 1 unspecified atom stereocenters. The first kappa shape index (κ1) is 60.6. The van der Waals surface area contributed by atoms with Crippen LogP contribution in [0.2, 0.25) is 0 Å². The van der Waals surface area contributed by atoms with E-state index in [4.69, 9.17) is 14.2 Å². The van der Waals surface area contributed by atoms with Gasteiger partial charge in [0.1, 0.15) is 13.2 Å². The lowest BCUT2D eigenvalue weighted by Crippen LogP contribution is -2.30. The fourth-order valence-electron chi connectivity index (χ4n) is 7.21. The van der Waals surface area contributed by atoms with Crippen LogP contribution < -0.4 is 0 Å². The SMILES string of the molecule is CC/C=C\C/C=C\C/C=C\C/C=C\CCCCCCCCCCC(=O)OCC(COC(=O)CCCCCCCCCCCCCC)OC(=O)CCCCC/C=C\C/C=C\C/C=C\CC. The number of carbonyl (C=O) groups is 3. The van der Waals surface area contributed by atoms with Crippen LogP contribution in [0.25, 0.3) is 0 Å². The molecule has 0 rings (SSSR count). The fraction of sp³-hybridized carbons (Fsp3) is 0.707. The molecule has 0 N–H and O–H groups in total. The molecule has 0 heterocycles. The predicted molar refractivity (Wildman–Crippen MR) is 274 cm³/mol. The Morgan fingerprint density at radius 2 is 0.609 bits per heavy atom. The summed E-state index contributed by atoms with van der Waals surface area (Å²) in [6, 6.07) is 0. The minimum absolute atomic E-state index is 0.0896. The van der Waals surface area contributed by atoms with Gasteiger partial charge in [-0.05, 0) is 89.9 Å². The molecule has 0 aliphatic rings. The topological polar surface area (TPSA) is 78.9 Å². The van der Waals surface area contributed by atoms with Crippen LogP contribution in [-0.2, 0) is 28.6 Å². The van der Waals surface area contributed by atoms with Gasteiger partial charge in [0.2, 0.25) is 0 Å². The summed E-state index contributed by atoms with van der Waals surface area (Å²) >= 11 is 0. The summed E-state index contributed by atoms with van der Waals surface area (Å²) in [6.45, 7) is 6.38. The van der Waals surface area contributed by atoms with Gasteiger partial charge < -0.3 is 14.2 Å². The van der Waals surface area contributed by atoms with E-state index in [1.165, 1.54) is 89.9 Å². The normalized spacial score (nSPS) is 12.7. The number of unbranched alkanes of at least 4 members (excludes halogenated alkanes) is 22. The highest BCUT2D eigenvalue weighted by atomic mass is 16.6. The highest BCUT2D eigenvalue weighted by Gasteiger charge is 2.19. The van der Waals surface area contributed by atoms with Gasteiger partial charge in [-0.1, -0.05) is 221 Å². The quantitative estimate of drug-likeness (QED) is 0.0262. The maximum absolute atomic E-state index is 12.8. The van der Waals surface area contributed by atoms with Crippen molar-refractivity contribution < 1.29 is 28.6 Å². The Labute approximate surface area is 395 Å². The lowest BCUT2D eigenvalue weighted by molar-refractivity contribution is -0.167. The van der Waals surface area contributed by atoms with Crippen LogP contribution in [0.15, 0.2) is 85.1 Å². The third-order valence-electron chi connectivity index (χ3n) is 11.1. The first-order valence-electron chi connectivity index (χ1n) is 26.6. The van der Waals surface area contributed by atoms with E-state index >= 15 is 0 Å². The van der Waals surface area contributed by atoms with Gasteiger partial charge in [-0.15, -0.1) is 0 Å². The number of rotatable bonds is 47. The fourth-order valence-corrected chi connectivity index (χ4v) is 7.21. The molecular weight excluding hydrogens is 793 g/mol. The Morgan fingerprint density at radius 3 is 0.969 bits per heavy atom. The second kappa shape index (κ2) is 52.2. The second-order valence-electron chi connectivity index (χ2n) is 17.4. The Kier molecular flexibility index (Phi) is 49.4. The van der Waals surface area contributed by atoms with E-state index in [0.29, 0.717) is 19.3 Å². The molecule has 0 saturated heterocycles. The maximum Gasteiger partial charge on any atom is 0.306 e. The molecule has 0 aromatic heterocycles. The lowest BCUT2D eigenvalue weighted by Gasteiger charge is -2.18. The number of allylic oxidation sites excluding steroid dienone is 14. The first-order chi connectivity index (χ1) is 31.5.